The molecule has 0 bridgehead atoms. The Labute approximate surface area is 738 Å². The SMILES string of the molecule is C[C@@H]1C[C@@H](O)c2ncnc(N3CCN(C(=O)[C@H](CCCCC(=O)CCCCCCCCCOc4cccc5c4C(=O)N(C4CCC(=O)NC4=O)C5=O)c4ccc(Cl)cc4)CC3)c21.C[C@@H]1C[C@@H](O)c2ncnc(N3CCN(C(=O)[C@H](CCCCC(=O)O)c4ccc(Cl)cc4)CC3)c21.NCCCCCCCCOc1cccc2c1C(=O)N(C1CCC(=O)NC1=O)C2=O. The number of ketones is 1. The summed E-state index contributed by atoms with van der Waals surface area (Å²) in [5.74, 6) is -2.53. The lowest BCUT2D eigenvalue weighted by Crippen LogP contribution is -2.54. The summed E-state index contributed by atoms with van der Waals surface area (Å²) in [6.07, 6.45) is 21.7. The summed E-state index contributed by atoms with van der Waals surface area (Å²) < 4.78 is 11.7. The molecule has 30 nitrogen and oxygen atoms in total. The maximum Gasteiger partial charge on any atom is 0.303 e. The normalized spacial score (nSPS) is 20.1. The number of imide groups is 4. The first-order valence-corrected chi connectivity index (χ1v) is 45.2. The van der Waals surface area contributed by atoms with Crippen molar-refractivity contribution in [3.63, 3.8) is 0 Å². The summed E-state index contributed by atoms with van der Waals surface area (Å²) in [5, 5.41) is 35.3. The third kappa shape index (κ3) is 23.5. The number of aromatic nitrogens is 4. The predicted molar refractivity (Wildman–Crippen MR) is 467 cm³/mol. The molecule has 14 rings (SSSR count). The number of benzene rings is 4. The Kier molecular flexibility index (Phi) is 33.6. The van der Waals surface area contributed by atoms with E-state index in [0.717, 1.165) is 158 Å². The first-order chi connectivity index (χ1) is 60.4. The molecule has 4 saturated heterocycles. The number of carbonyl (C=O) groups excluding carboxylic acids is 11. The number of amides is 10. The number of ether oxygens (including phenoxy) is 2. The Morgan fingerprint density at radius 2 is 0.848 bits per heavy atom. The van der Waals surface area contributed by atoms with E-state index >= 15 is 0 Å². The molecule has 6 aromatic rings. The fourth-order valence-electron chi connectivity index (χ4n) is 18.1. The number of hydrogen-bond acceptors (Lipinski definition) is 23. The lowest BCUT2D eigenvalue weighted by molar-refractivity contribution is -0.138. The number of aliphatic carboxylic acids is 1. The third-order valence-electron chi connectivity index (χ3n) is 24.9. The van der Waals surface area contributed by atoms with E-state index in [0.29, 0.717) is 138 Å². The molecule has 32 heteroatoms. The molecule has 8 heterocycles. The number of piperidine rings is 2. The average molecular weight is 1760 g/mol. The summed E-state index contributed by atoms with van der Waals surface area (Å²) in [6, 6.07) is 22.6. The van der Waals surface area contributed by atoms with Crippen LogP contribution < -0.4 is 35.6 Å². The van der Waals surface area contributed by atoms with Crippen molar-refractivity contribution in [3.05, 3.63) is 164 Å². The Morgan fingerprint density at radius 1 is 0.472 bits per heavy atom. The van der Waals surface area contributed by atoms with E-state index in [1.807, 2.05) is 46.2 Å². The van der Waals surface area contributed by atoms with Gasteiger partial charge in [-0.05, 0) is 155 Å². The standard InChI is InChI=1S/C47H57ClN6O8.C25H31ClN4O4.C21H27N3O5/c1-30-28-37(56)42-40(30)43(50-29-49-42)52-23-25-53(26-24-52)45(59)34(31-17-19-32(48)20-18-31)14-9-8-13-33(55)12-7-5-3-2-4-6-10-27-62-38-16-11-15-35-41(38)47(61)54(46(35)60)36-21-22-39(57)51-44(36)58;1-16-14-20(31)23-22(16)24(28-15-27-23)29-10-12-30(13-11-29)25(34)19(4-2-3-5-21(32)33)17-6-8-18(26)9-7-17;22-12-5-3-1-2-4-6-13-29-16-9-7-8-14-18(16)21(28)24(20(14)27)15-10-11-17(25)23-19(15)26/h11,15-20,29-30,34,36-37,56H,2-10,12-14,21-28H2,1H3,(H,51,57,58);6-9,15-16,19-20,31H,2-5,10-14H2,1H3,(H,32,33);7-9,15H,1-6,10-13,22H2,(H,23,25,26)/t30-,34-,36?,37-;16-,19-,20-;/m11./s1. The van der Waals surface area contributed by atoms with Gasteiger partial charge in [0.25, 0.3) is 23.6 Å². The van der Waals surface area contributed by atoms with Crippen LogP contribution in [0.5, 0.6) is 11.5 Å². The van der Waals surface area contributed by atoms with E-state index in [1.54, 1.807) is 48.5 Å². The average Bonchev–Trinajstić information content (AvgIpc) is 1.62. The Bertz CT molecular complexity index is 4870. The molecular weight excluding hydrogens is 1640 g/mol. The Morgan fingerprint density at radius 3 is 1.24 bits per heavy atom. The highest BCUT2D eigenvalue weighted by Gasteiger charge is 2.48. The van der Waals surface area contributed by atoms with E-state index < -0.39 is 77.5 Å². The number of carboxylic acid groups (broad SMARTS) is 1. The van der Waals surface area contributed by atoms with Gasteiger partial charge in [-0.2, -0.15) is 0 Å². The highest BCUT2D eigenvalue weighted by Crippen LogP contribution is 2.46. The van der Waals surface area contributed by atoms with Crippen LogP contribution in [-0.2, 0) is 38.4 Å². The molecule has 8 atom stereocenters. The fraction of sp³-hybridized carbons (Fsp3) is 0.527. The van der Waals surface area contributed by atoms with Gasteiger partial charge in [-0.25, -0.2) is 19.9 Å². The second-order valence-corrected chi connectivity index (χ2v) is 34.5. The lowest BCUT2D eigenvalue weighted by atomic mass is 9.91. The topological polar surface area (TPSA) is 405 Å². The quantitative estimate of drug-likeness (QED) is 0.0155. The van der Waals surface area contributed by atoms with Crippen molar-refractivity contribution in [1.82, 2.24) is 50.2 Å². The second kappa shape index (κ2) is 45.0. The maximum absolute atomic E-state index is 14.0. The highest BCUT2D eigenvalue weighted by molar-refractivity contribution is 6.31. The van der Waals surface area contributed by atoms with Gasteiger partial charge in [-0.1, -0.05) is 144 Å². The van der Waals surface area contributed by atoms with Crippen LogP contribution in [0.2, 0.25) is 10.0 Å². The molecule has 2 aliphatic carbocycles. The van der Waals surface area contributed by atoms with E-state index in [-0.39, 0.29) is 95.6 Å². The van der Waals surface area contributed by atoms with Gasteiger partial charge in [-0.3, -0.25) is 78.0 Å². The number of rotatable bonds is 38. The summed E-state index contributed by atoms with van der Waals surface area (Å²) in [7, 11) is 0. The molecule has 2 aromatic heterocycles. The first-order valence-electron chi connectivity index (χ1n) is 44.4. The summed E-state index contributed by atoms with van der Waals surface area (Å²) >= 11 is 12.2. The molecule has 4 fully saturated rings. The zero-order valence-electron chi connectivity index (χ0n) is 71.3. The molecule has 8 aliphatic rings. The molecule has 6 aliphatic heterocycles. The number of nitrogens with two attached hydrogens (primary N) is 1. The van der Waals surface area contributed by atoms with Gasteiger partial charge in [0.2, 0.25) is 35.4 Å². The number of Topliss-reactive ketones (excluding diaryl/α,β-unsaturated/α-hetero) is 1. The van der Waals surface area contributed by atoms with Crippen molar-refractivity contribution < 1.29 is 82.3 Å². The molecule has 2 unspecified atom stereocenters. The van der Waals surface area contributed by atoms with Crippen molar-refractivity contribution in [2.75, 3.05) is 81.9 Å². The molecule has 7 N–H and O–H groups in total. The van der Waals surface area contributed by atoms with Crippen molar-refractivity contribution in [2.45, 2.75) is 242 Å². The fourth-order valence-corrected chi connectivity index (χ4v) is 18.4. The first kappa shape index (κ1) is 93.5. The van der Waals surface area contributed by atoms with Crippen LogP contribution in [-0.4, -0.2) is 210 Å². The minimum absolute atomic E-state index is 0.0630. The van der Waals surface area contributed by atoms with E-state index in [2.05, 4.69) is 54.2 Å². The predicted octanol–water partition coefficient (Wildman–Crippen LogP) is 12.3. The van der Waals surface area contributed by atoms with Gasteiger partial charge in [-0.15, -0.1) is 0 Å². The van der Waals surface area contributed by atoms with Crippen LogP contribution in [0.1, 0.15) is 305 Å². The summed E-state index contributed by atoms with van der Waals surface area (Å²) in [6.45, 7) is 10.7. The van der Waals surface area contributed by atoms with Gasteiger partial charge in [0.15, 0.2) is 0 Å². The number of carboxylic acids is 1. The van der Waals surface area contributed by atoms with E-state index in [1.165, 1.54) is 12.7 Å². The highest BCUT2D eigenvalue weighted by atomic mass is 35.5. The number of nitrogens with zero attached hydrogens (tertiary/aromatic N) is 10. The van der Waals surface area contributed by atoms with Gasteiger partial charge in [0, 0.05) is 106 Å². The Balaban J connectivity index is 0.000000189. The minimum atomic E-state index is -1.02. The van der Waals surface area contributed by atoms with Crippen LogP contribution in [0.15, 0.2) is 97.6 Å². The van der Waals surface area contributed by atoms with Crippen molar-refractivity contribution in [1.29, 1.82) is 0 Å². The number of halogens is 2. The third-order valence-corrected chi connectivity index (χ3v) is 25.4. The van der Waals surface area contributed by atoms with E-state index in [9.17, 15) is 67.7 Å². The lowest BCUT2D eigenvalue weighted by Gasteiger charge is -2.38. The summed E-state index contributed by atoms with van der Waals surface area (Å²) in [5.41, 5.74) is 11.6. The van der Waals surface area contributed by atoms with Crippen LogP contribution in [0.3, 0.4) is 0 Å². The number of anilines is 2. The minimum Gasteiger partial charge on any atom is -0.493 e. The van der Waals surface area contributed by atoms with Crippen LogP contribution in [0, 0.1) is 0 Å². The zero-order chi connectivity index (χ0) is 88.8. The van der Waals surface area contributed by atoms with Crippen LogP contribution in [0.25, 0.3) is 0 Å². The number of aliphatic hydroxyl groups is 2. The number of carbonyl (C=O) groups is 12. The molecule has 668 valence electrons. The number of nitrogens with one attached hydrogen (secondary N) is 2. The van der Waals surface area contributed by atoms with E-state index in [4.69, 9.17) is 43.5 Å². The largest absolute Gasteiger partial charge is 0.493 e. The van der Waals surface area contributed by atoms with Crippen molar-refractivity contribution in [3.8, 4) is 11.5 Å². The number of unbranched alkanes of at least 4 members (excludes halogenated alkanes) is 13. The number of piperazine rings is 2. The summed E-state index contributed by atoms with van der Waals surface area (Å²) in [4.78, 5) is 179. The van der Waals surface area contributed by atoms with Crippen LogP contribution in [0.4, 0.5) is 11.6 Å². The van der Waals surface area contributed by atoms with Crippen LogP contribution >= 0.6 is 23.2 Å². The zero-order valence-corrected chi connectivity index (χ0v) is 72.8. The molecular formula is C93H115Cl2N13O17. The molecule has 0 saturated carbocycles. The molecule has 0 spiro atoms. The number of aliphatic hydroxyl groups excluding tert-OH is 2. The number of fused-ring (bicyclic) bond motifs is 4. The maximum atomic E-state index is 14.0. The monoisotopic (exact) mass is 1760 g/mol. The van der Waals surface area contributed by atoms with Crippen molar-refractivity contribution >= 4 is 106 Å². The number of hydrogen-bond donors (Lipinski definition) is 6. The van der Waals surface area contributed by atoms with Crippen molar-refractivity contribution in [2.24, 2.45) is 5.73 Å². The van der Waals surface area contributed by atoms with Gasteiger partial charge in [0.05, 0.1) is 70.9 Å². The molecule has 4 aromatic carbocycles. The Hall–Kier alpha value is -10.7. The smallest absolute Gasteiger partial charge is 0.303 e. The van der Waals surface area contributed by atoms with Gasteiger partial charge < -0.3 is 50.1 Å². The van der Waals surface area contributed by atoms with Gasteiger partial charge >= 0.3 is 5.97 Å². The molecule has 125 heavy (non-hydrogen) atoms. The molecule has 0 radical (unpaired) electrons. The molecule has 10 amide bonds. The van der Waals surface area contributed by atoms with Gasteiger partial charge in [0.1, 0.15) is 53.7 Å². The second-order valence-electron chi connectivity index (χ2n) is 33.6.